The van der Waals surface area contributed by atoms with Gasteiger partial charge in [0, 0.05) is 65.3 Å². The molecular weight excluding hydrogens is 863 g/mol. The zero-order valence-corrected chi connectivity index (χ0v) is 37.8. The molecule has 0 fully saturated rings. The molecule has 6 nitrogen and oxygen atoms in total. The van der Waals surface area contributed by atoms with E-state index in [0.29, 0.717) is 24.0 Å². The Morgan fingerprint density at radius 3 is 1.72 bits per heavy atom. The van der Waals surface area contributed by atoms with Crippen LogP contribution in [0.25, 0.3) is 137 Å². The first kappa shape index (κ1) is 38.2. The van der Waals surface area contributed by atoms with Crippen LogP contribution >= 0.6 is 11.3 Å². The van der Waals surface area contributed by atoms with Gasteiger partial charge in [-0.05, 0) is 92.5 Å². The second-order valence-corrected chi connectivity index (χ2v) is 19.1. The van der Waals surface area contributed by atoms with Crippen molar-refractivity contribution < 1.29 is 4.42 Å². The number of para-hydroxylation sites is 2. The Bertz CT molecular complexity index is 4540. The summed E-state index contributed by atoms with van der Waals surface area (Å²) in [6.45, 7) is 4.25. The van der Waals surface area contributed by atoms with Gasteiger partial charge in [-0.25, -0.2) is 4.98 Å². The minimum Gasteiger partial charge on any atom is -0.455 e. The van der Waals surface area contributed by atoms with Gasteiger partial charge >= 0.3 is 0 Å². The quantitative estimate of drug-likeness (QED) is 0.167. The van der Waals surface area contributed by atoms with Gasteiger partial charge in [0.05, 0.1) is 27.8 Å². The lowest BCUT2D eigenvalue weighted by Crippen LogP contribution is -2.09. The van der Waals surface area contributed by atoms with E-state index < -0.39 is 0 Å². The molecule has 0 N–H and O–H groups in total. The van der Waals surface area contributed by atoms with E-state index in [1.165, 1.54) is 42.4 Å². The Morgan fingerprint density at radius 2 is 1.06 bits per heavy atom. The Morgan fingerprint density at radius 1 is 0.478 bits per heavy atom. The highest BCUT2D eigenvalue weighted by atomic mass is 32.1. The SMILES string of the molecule is C=Cc1sc2ccccc2c1Cc1nc(-c2cc(-n3c4cc5ccccc5cc4c4cc5ccccc5cc43)cc3oc4c5ccccc5ccc4c23)nc(-n2c3ccccc3c3ccccc32)n1. The highest BCUT2D eigenvalue weighted by molar-refractivity contribution is 7.20. The Hall–Kier alpha value is -8.91. The Labute approximate surface area is 398 Å². The van der Waals surface area contributed by atoms with E-state index in [2.05, 4.69) is 210 Å². The first-order valence-electron chi connectivity index (χ1n) is 23.2. The largest absolute Gasteiger partial charge is 0.455 e. The van der Waals surface area contributed by atoms with Gasteiger partial charge in [0.15, 0.2) is 5.82 Å². The highest BCUT2D eigenvalue weighted by Gasteiger charge is 2.25. The van der Waals surface area contributed by atoms with Crippen LogP contribution in [0.15, 0.2) is 205 Å². The van der Waals surface area contributed by atoms with Crippen LogP contribution in [-0.4, -0.2) is 24.1 Å². The van der Waals surface area contributed by atoms with Crippen LogP contribution in [0.5, 0.6) is 0 Å². The molecular formula is C62H37N5OS. The van der Waals surface area contributed by atoms with Crippen LogP contribution in [0.1, 0.15) is 16.3 Å². The summed E-state index contributed by atoms with van der Waals surface area (Å²) in [6, 6.07) is 69.5. The summed E-state index contributed by atoms with van der Waals surface area (Å²) in [4.78, 5) is 17.7. The molecule has 0 atom stereocenters. The topological polar surface area (TPSA) is 61.7 Å². The summed E-state index contributed by atoms with van der Waals surface area (Å²) >= 11 is 1.75. The standard InChI is InChI=1S/C62H37N5OS/c1-2-56-49(45-23-11-14-26-57(45)69-56)35-58-63-61(65-62(64-58)67-51-24-12-9-21-43(51)44-22-10-13-25-52(44)67)50-33-41(34-55-59(50)46-28-27-36-15-7-8-20-42(36)60(46)68-55)66-53-31-39-18-5-3-16-37(39)29-47(53)48-30-38-17-4-6-19-40(38)32-54(48)66/h2-34H,1,35H2. The van der Waals surface area contributed by atoms with Crippen LogP contribution in [-0.2, 0) is 6.42 Å². The summed E-state index contributed by atoms with van der Waals surface area (Å²) in [5, 5.41) is 14.7. The summed E-state index contributed by atoms with van der Waals surface area (Å²) in [6.07, 6.45) is 2.45. The number of benzene rings is 10. The minimum absolute atomic E-state index is 0.484. The second-order valence-electron chi connectivity index (χ2n) is 18.0. The third kappa shape index (κ3) is 5.68. The number of aromatic nitrogens is 5. The average molecular weight is 900 g/mol. The molecule has 0 aliphatic carbocycles. The number of furan rings is 1. The summed E-state index contributed by atoms with van der Waals surface area (Å²) in [5.74, 6) is 1.78. The smallest absolute Gasteiger partial charge is 0.238 e. The fourth-order valence-corrected chi connectivity index (χ4v) is 12.1. The van der Waals surface area contributed by atoms with Crippen molar-refractivity contribution in [2.45, 2.75) is 6.42 Å². The number of hydrogen-bond donors (Lipinski definition) is 0. The van der Waals surface area contributed by atoms with E-state index in [1.807, 2.05) is 6.08 Å². The van der Waals surface area contributed by atoms with Gasteiger partial charge in [-0.3, -0.25) is 4.57 Å². The molecule has 0 radical (unpaired) electrons. The van der Waals surface area contributed by atoms with Crippen molar-refractivity contribution in [2.75, 3.05) is 0 Å². The first-order valence-corrected chi connectivity index (χ1v) is 24.1. The molecule has 0 aliphatic heterocycles. The highest BCUT2D eigenvalue weighted by Crippen LogP contribution is 2.44. The van der Waals surface area contributed by atoms with E-state index in [4.69, 9.17) is 19.4 Å². The van der Waals surface area contributed by atoms with Crippen LogP contribution < -0.4 is 0 Å². The second kappa shape index (κ2) is 14.5. The number of rotatable bonds is 6. The summed E-state index contributed by atoms with van der Waals surface area (Å²) in [7, 11) is 0. The molecule has 0 unspecified atom stereocenters. The van der Waals surface area contributed by atoms with Gasteiger partial charge in [-0.2, -0.15) is 9.97 Å². The monoisotopic (exact) mass is 899 g/mol. The lowest BCUT2D eigenvalue weighted by atomic mass is 10.0. The van der Waals surface area contributed by atoms with Crippen molar-refractivity contribution in [2.24, 2.45) is 0 Å². The lowest BCUT2D eigenvalue weighted by molar-refractivity contribution is 0.672. The van der Waals surface area contributed by atoms with E-state index in [1.54, 1.807) is 11.3 Å². The molecule has 0 bridgehead atoms. The van der Waals surface area contributed by atoms with Crippen molar-refractivity contribution in [3.8, 4) is 23.0 Å². The summed E-state index contributed by atoms with van der Waals surface area (Å²) < 4.78 is 13.0. The number of thiophene rings is 1. The summed E-state index contributed by atoms with van der Waals surface area (Å²) in [5.41, 5.74) is 8.81. The predicted octanol–water partition coefficient (Wildman–Crippen LogP) is 16.5. The van der Waals surface area contributed by atoms with Crippen LogP contribution in [0.4, 0.5) is 0 Å². The zero-order chi connectivity index (χ0) is 45.3. The van der Waals surface area contributed by atoms with Crippen molar-refractivity contribution in [3.05, 3.63) is 217 Å². The Kier molecular flexibility index (Phi) is 8.06. The number of fused-ring (bicyclic) bond motifs is 14. The molecule has 7 heteroatoms. The molecule has 0 saturated heterocycles. The normalized spacial score (nSPS) is 12.2. The maximum Gasteiger partial charge on any atom is 0.238 e. The molecule has 322 valence electrons. The molecule has 5 aromatic heterocycles. The number of nitrogens with zero attached hydrogens (tertiary/aromatic N) is 5. The molecule has 0 spiro atoms. The van der Waals surface area contributed by atoms with E-state index in [0.717, 1.165) is 87.2 Å². The maximum absolute atomic E-state index is 7.14. The molecule has 15 rings (SSSR count). The van der Waals surface area contributed by atoms with Crippen LogP contribution in [0, 0.1) is 0 Å². The zero-order valence-electron chi connectivity index (χ0n) is 37.0. The van der Waals surface area contributed by atoms with Gasteiger partial charge in [0.1, 0.15) is 17.0 Å². The molecule has 0 saturated carbocycles. The minimum atomic E-state index is 0.484. The van der Waals surface area contributed by atoms with Gasteiger partial charge in [0.25, 0.3) is 0 Å². The third-order valence-electron chi connectivity index (χ3n) is 14.1. The first-order chi connectivity index (χ1) is 34.1. The fourth-order valence-electron chi connectivity index (χ4n) is 11.1. The van der Waals surface area contributed by atoms with Crippen molar-refractivity contribution in [1.82, 2.24) is 24.1 Å². The predicted molar refractivity (Wildman–Crippen MR) is 288 cm³/mol. The lowest BCUT2D eigenvalue weighted by Gasteiger charge is -2.14. The third-order valence-corrected chi connectivity index (χ3v) is 15.4. The Balaban J connectivity index is 1.08. The molecule has 15 aromatic rings. The maximum atomic E-state index is 7.14. The van der Waals surface area contributed by atoms with Crippen molar-refractivity contribution in [1.29, 1.82) is 0 Å². The van der Waals surface area contributed by atoms with Gasteiger partial charge in [-0.15, -0.1) is 11.3 Å². The molecule has 69 heavy (non-hydrogen) atoms. The average Bonchev–Trinajstić information content (AvgIpc) is 4.14. The van der Waals surface area contributed by atoms with Gasteiger partial charge in [0.2, 0.25) is 5.95 Å². The number of hydrogen-bond acceptors (Lipinski definition) is 5. The van der Waals surface area contributed by atoms with E-state index in [-0.39, 0.29) is 0 Å². The molecule has 0 aliphatic rings. The fraction of sp³-hybridized carbons (Fsp3) is 0.0161. The molecule has 5 heterocycles. The van der Waals surface area contributed by atoms with Gasteiger partial charge in [-0.1, -0.05) is 146 Å². The van der Waals surface area contributed by atoms with Crippen LogP contribution in [0.3, 0.4) is 0 Å². The molecule has 10 aromatic carbocycles. The van der Waals surface area contributed by atoms with Crippen molar-refractivity contribution >= 4 is 125 Å². The van der Waals surface area contributed by atoms with Gasteiger partial charge < -0.3 is 8.98 Å². The van der Waals surface area contributed by atoms with Crippen molar-refractivity contribution in [3.63, 3.8) is 0 Å². The molecule has 0 amide bonds. The van der Waals surface area contributed by atoms with E-state index >= 15 is 0 Å². The van der Waals surface area contributed by atoms with E-state index in [9.17, 15) is 0 Å². The van der Waals surface area contributed by atoms with Crippen LogP contribution in [0.2, 0.25) is 0 Å².